The van der Waals surface area contributed by atoms with Gasteiger partial charge in [-0.1, -0.05) is 0 Å². The van der Waals surface area contributed by atoms with Gasteiger partial charge in [0.2, 0.25) is 0 Å². The van der Waals surface area contributed by atoms with E-state index in [4.69, 9.17) is 5.11 Å². The molecule has 0 bridgehead atoms. The number of likely N-dealkylation sites (N-methyl/N-ethyl adjacent to an activating group) is 1. The van der Waals surface area contributed by atoms with E-state index in [0.29, 0.717) is 5.56 Å². The van der Waals surface area contributed by atoms with Crippen molar-refractivity contribution in [2.75, 3.05) is 23.8 Å². The lowest BCUT2D eigenvalue weighted by Gasteiger charge is -2.43. The van der Waals surface area contributed by atoms with Crippen LogP contribution in [0.2, 0.25) is 0 Å². The highest BCUT2D eigenvalue weighted by Gasteiger charge is 2.29. The number of fused-ring (bicyclic) bond motifs is 1. The Kier molecular flexibility index (Phi) is 2.30. The summed E-state index contributed by atoms with van der Waals surface area (Å²) in [6.45, 7) is 5.10. The van der Waals surface area contributed by atoms with E-state index in [9.17, 15) is 4.79 Å². The van der Waals surface area contributed by atoms with Crippen molar-refractivity contribution in [3.63, 3.8) is 0 Å². The van der Waals surface area contributed by atoms with Gasteiger partial charge in [0.05, 0.1) is 22.5 Å². The molecule has 0 amide bonds. The first-order valence-electron chi connectivity index (χ1n) is 5.27. The molecule has 1 heterocycles. The van der Waals surface area contributed by atoms with Crippen LogP contribution in [0.15, 0.2) is 18.2 Å². The number of carbonyl (C=O) groups is 1. The average molecular weight is 220 g/mol. The van der Waals surface area contributed by atoms with E-state index in [1.54, 1.807) is 12.1 Å². The largest absolute Gasteiger partial charge is 0.478 e. The van der Waals surface area contributed by atoms with E-state index < -0.39 is 5.97 Å². The van der Waals surface area contributed by atoms with Crippen LogP contribution in [0.25, 0.3) is 0 Å². The van der Waals surface area contributed by atoms with Crippen LogP contribution in [-0.2, 0) is 0 Å². The molecule has 4 nitrogen and oxygen atoms in total. The summed E-state index contributed by atoms with van der Waals surface area (Å²) in [5, 5.41) is 12.2. The molecule has 4 heteroatoms. The summed E-state index contributed by atoms with van der Waals surface area (Å²) in [4.78, 5) is 13.0. The lowest BCUT2D eigenvalue weighted by Crippen LogP contribution is -2.50. The predicted molar refractivity (Wildman–Crippen MR) is 64.4 cm³/mol. The van der Waals surface area contributed by atoms with Crippen LogP contribution in [0, 0.1) is 0 Å². The number of hydrogen-bond donors (Lipinski definition) is 2. The maximum Gasteiger partial charge on any atom is 0.335 e. The Morgan fingerprint density at radius 1 is 1.50 bits per heavy atom. The maximum absolute atomic E-state index is 10.9. The Balaban J connectivity index is 2.45. The minimum absolute atomic E-state index is 0.0394. The van der Waals surface area contributed by atoms with Gasteiger partial charge >= 0.3 is 5.97 Å². The summed E-state index contributed by atoms with van der Waals surface area (Å²) < 4.78 is 0. The first-order chi connectivity index (χ1) is 7.42. The molecule has 0 atom stereocenters. The Morgan fingerprint density at radius 3 is 2.81 bits per heavy atom. The fraction of sp³-hybridized carbons (Fsp3) is 0.417. The van der Waals surface area contributed by atoms with E-state index in [-0.39, 0.29) is 5.54 Å². The third-order valence-corrected chi connectivity index (χ3v) is 3.22. The molecule has 0 aliphatic carbocycles. The highest BCUT2D eigenvalue weighted by atomic mass is 16.4. The summed E-state index contributed by atoms with van der Waals surface area (Å²) >= 11 is 0. The molecule has 0 fully saturated rings. The van der Waals surface area contributed by atoms with Gasteiger partial charge in [-0.25, -0.2) is 4.79 Å². The first-order valence-corrected chi connectivity index (χ1v) is 5.27. The maximum atomic E-state index is 10.9. The van der Waals surface area contributed by atoms with Gasteiger partial charge in [0.15, 0.2) is 0 Å². The number of nitrogens with one attached hydrogen (secondary N) is 1. The molecule has 16 heavy (non-hydrogen) atoms. The quantitative estimate of drug-likeness (QED) is 0.760. The van der Waals surface area contributed by atoms with Crippen molar-refractivity contribution in [2.45, 2.75) is 19.4 Å². The average Bonchev–Trinajstić information content (AvgIpc) is 2.23. The van der Waals surface area contributed by atoms with Crippen LogP contribution in [0.4, 0.5) is 11.4 Å². The van der Waals surface area contributed by atoms with Gasteiger partial charge in [-0.3, -0.25) is 0 Å². The number of rotatable bonds is 1. The van der Waals surface area contributed by atoms with E-state index in [1.807, 2.05) is 13.1 Å². The summed E-state index contributed by atoms with van der Waals surface area (Å²) in [5.74, 6) is -0.892. The second-order valence-corrected chi connectivity index (χ2v) is 4.76. The van der Waals surface area contributed by atoms with Crippen molar-refractivity contribution in [3.8, 4) is 0 Å². The number of aromatic carboxylic acids is 1. The van der Waals surface area contributed by atoms with Gasteiger partial charge in [-0.2, -0.15) is 0 Å². The van der Waals surface area contributed by atoms with E-state index >= 15 is 0 Å². The number of benzene rings is 1. The zero-order chi connectivity index (χ0) is 11.9. The number of carboxylic acid groups (broad SMARTS) is 1. The molecule has 0 spiro atoms. The van der Waals surface area contributed by atoms with Crippen molar-refractivity contribution in [2.24, 2.45) is 0 Å². The molecular formula is C12H16N2O2. The number of nitrogens with zero attached hydrogens (tertiary/aromatic N) is 1. The molecule has 0 saturated heterocycles. The summed E-state index contributed by atoms with van der Waals surface area (Å²) in [5.41, 5.74) is 2.29. The van der Waals surface area contributed by atoms with Crippen molar-refractivity contribution in [3.05, 3.63) is 23.8 Å². The standard InChI is InChI=1S/C12H16N2O2/c1-12(2)7-13-9-6-8(11(15)16)4-5-10(9)14(12)3/h4-6,13H,7H2,1-3H3,(H,15,16). The minimum Gasteiger partial charge on any atom is -0.478 e. The van der Waals surface area contributed by atoms with Crippen molar-refractivity contribution in [1.29, 1.82) is 0 Å². The highest BCUT2D eigenvalue weighted by Crippen LogP contribution is 2.35. The molecule has 0 radical (unpaired) electrons. The molecule has 0 saturated carbocycles. The van der Waals surface area contributed by atoms with Gasteiger partial charge in [-0.05, 0) is 32.0 Å². The molecule has 2 rings (SSSR count). The number of hydrogen-bond acceptors (Lipinski definition) is 3. The van der Waals surface area contributed by atoms with Gasteiger partial charge in [0.1, 0.15) is 0 Å². The Hall–Kier alpha value is -1.71. The molecule has 1 aliphatic heterocycles. The Morgan fingerprint density at radius 2 is 2.19 bits per heavy atom. The van der Waals surface area contributed by atoms with Crippen LogP contribution in [0.3, 0.4) is 0 Å². The third kappa shape index (κ3) is 1.60. The second-order valence-electron chi connectivity index (χ2n) is 4.76. The lowest BCUT2D eigenvalue weighted by molar-refractivity contribution is 0.0697. The summed E-state index contributed by atoms with van der Waals surface area (Å²) in [6.07, 6.45) is 0. The monoisotopic (exact) mass is 220 g/mol. The van der Waals surface area contributed by atoms with Gasteiger partial charge in [0, 0.05) is 13.6 Å². The number of anilines is 2. The minimum atomic E-state index is -0.892. The molecule has 0 unspecified atom stereocenters. The first kappa shape index (κ1) is 10.8. The van der Waals surface area contributed by atoms with E-state index in [0.717, 1.165) is 17.9 Å². The SMILES string of the molecule is CN1c2ccc(C(=O)O)cc2NCC1(C)C. The zero-order valence-corrected chi connectivity index (χ0v) is 9.74. The highest BCUT2D eigenvalue weighted by molar-refractivity contribution is 5.91. The fourth-order valence-corrected chi connectivity index (χ4v) is 1.86. The van der Waals surface area contributed by atoms with Crippen LogP contribution in [0.5, 0.6) is 0 Å². The smallest absolute Gasteiger partial charge is 0.335 e. The van der Waals surface area contributed by atoms with E-state index in [1.165, 1.54) is 0 Å². The van der Waals surface area contributed by atoms with Gasteiger partial charge < -0.3 is 15.3 Å². The topological polar surface area (TPSA) is 52.6 Å². The molecule has 1 aromatic rings. The van der Waals surface area contributed by atoms with E-state index in [2.05, 4.69) is 24.1 Å². The van der Waals surface area contributed by atoms with Crippen LogP contribution >= 0.6 is 0 Å². The summed E-state index contributed by atoms with van der Waals surface area (Å²) in [7, 11) is 2.03. The van der Waals surface area contributed by atoms with Crippen molar-refractivity contribution >= 4 is 17.3 Å². The predicted octanol–water partition coefficient (Wildman–Crippen LogP) is 2.03. The third-order valence-electron chi connectivity index (χ3n) is 3.22. The van der Waals surface area contributed by atoms with Crippen molar-refractivity contribution in [1.82, 2.24) is 0 Å². The normalized spacial score (nSPS) is 17.6. The second kappa shape index (κ2) is 3.40. The Labute approximate surface area is 94.9 Å². The van der Waals surface area contributed by atoms with Gasteiger partial charge in [0.25, 0.3) is 0 Å². The zero-order valence-electron chi connectivity index (χ0n) is 9.74. The Bertz CT molecular complexity index is 441. The van der Waals surface area contributed by atoms with Crippen LogP contribution in [-0.4, -0.2) is 30.2 Å². The number of carboxylic acids is 1. The van der Waals surface area contributed by atoms with Crippen molar-refractivity contribution < 1.29 is 9.90 Å². The fourth-order valence-electron chi connectivity index (χ4n) is 1.86. The molecule has 0 aromatic heterocycles. The van der Waals surface area contributed by atoms with Gasteiger partial charge in [-0.15, -0.1) is 0 Å². The molecular weight excluding hydrogens is 204 g/mol. The summed E-state index contributed by atoms with van der Waals surface area (Å²) in [6, 6.07) is 5.18. The molecule has 2 N–H and O–H groups in total. The van der Waals surface area contributed by atoms with Crippen LogP contribution in [0.1, 0.15) is 24.2 Å². The molecule has 1 aliphatic rings. The lowest BCUT2D eigenvalue weighted by atomic mass is 9.98. The van der Waals surface area contributed by atoms with Crippen LogP contribution < -0.4 is 10.2 Å². The molecule has 86 valence electrons. The molecule has 1 aromatic carbocycles.